The zero-order valence-corrected chi connectivity index (χ0v) is 12.4. The Labute approximate surface area is 121 Å². The standard InChI is InChI=1S/C16H24N4/c1-12(2)9-16(7-3-4-8-16)11-19-15-6-5-13(18)14(10-17)20-15/h5-6,12H,3-4,7-9,11,18H2,1-2H3,(H,19,20). The van der Waals surface area contributed by atoms with Crippen LogP contribution in [0.15, 0.2) is 12.1 Å². The van der Waals surface area contributed by atoms with Crippen molar-refractivity contribution in [1.29, 1.82) is 5.26 Å². The molecule has 0 radical (unpaired) electrons. The second-order valence-corrected chi connectivity index (χ2v) is 6.40. The lowest BCUT2D eigenvalue weighted by Gasteiger charge is -2.31. The van der Waals surface area contributed by atoms with Gasteiger partial charge in [0.15, 0.2) is 5.69 Å². The quantitative estimate of drug-likeness (QED) is 0.859. The van der Waals surface area contributed by atoms with Crippen molar-refractivity contribution in [3.63, 3.8) is 0 Å². The lowest BCUT2D eigenvalue weighted by atomic mass is 9.78. The molecular formula is C16H24N4. The van der Waals surface area contributed by atoms with Crippen LogP contribution in [0.4, 0.5) is 11.5 Å². The van der Waals surface area contributed by atoms with Gasteiger partial charge in [-0.05, 0) is 42.7 Å². The normalized spacial score (nSPS) is 17.1. The van der Waals surface area contributed by atoms with Crippen LogP contribution in [-0.2, 0) is 0 Å². The van der Waals surface area contributed by atoms with E-state index in [0.717, 1.165) is 12.4 Å². The van der Waals surface area contributed by atoms with Crippen LogP contribution in [0.2, 0.25) is 0 Å². The Kier molecular flexibility index (Phi) is 4.49. The van der Waals surface area contributed by atoms with Gasteiger partial charge < -0.3 is 11.1 Å². The highest BCUT2D eigenvalue weighted by Crippen LogP contribution is 2.43. The van der Waals surface area contributed by atoms with Gasteiger partial charge in [0.2, 0.25) is 0 Å². The number of nitrogen functional groups attached to an aromatic ring is 1. The Morgan fingerprint density at radius 3 is 2.70 bits per heavy atom. The summed E-state index contributed by atoms with van der Waals surface area (Å²) in [6, 6.07) is 5.63. The highest BCUT2D eigenvalue weighted by Gasteiger charge is 2.34. The molecule has 1 saturated carbocycles. The summed E-state index contributed by atoms with van der Waals surface area (Å²) in [5.74, 6) is 1.47. The first-order chi connectivity index (χ1) is 9.54. The van der Waals surface area contributed by atoms with Gasteiger partial charge in [-0.3, -0.25) is 0 Å². The third-order valence-electron chi connectivity index (χ3n) is 4.18. The lowest BCUT2D eigenvalue weighted by molar-refractivity contribution is 0.252. The molecule has 0 saturated heterocycles. The van der Waals surface area contributed by atoms with Gasteiger partial charge in [-0.1, -0.05) is 26.7 Å². The van der Waals surface area contributed by atoms with E-state index in [1.54, 1.807) is 6.07 Å². The molecule has 0 spiro atoms. The van der Waals surface area contributed by atoms with Crippen molar-refractivity contribution < 1.29 is 0 Å². The summed E-state index contributed by atoms with van der Waals surface area (Å²) < 4.78 is 0. The first-order valence-corrected chi connectivity index (χ1v) is 7.45. The molecule has 1 heterocycles. The first-order valence-electron chi connectivity index (χ1n) is 7.45. The minimum Gasteiger partial charge on any atom is -0.396 e. The minimum absolute atomic E-state index is 0.305. The fourth-order valence-electron chi connectivity index (χ4n) is 3.38. The van der Waals surface area contributed by atoms with E-state index >= 15 is 0 Å². The molecule has 0 aromatic carbocycles. The molecule has 0 aliphatic heterocycles. The summed E-state index contributed by atoms with van der Waals surface area (Å²) in [7, 11) is 0. The Morgan fingerprint density at radius 2 is 2.10 bits per heavy atom. The third-order valence-corrected chi connectivity index (χ3v) is 4.18. The predicted octanol–water partition coefficient (Wildman–Crippen LogP) is 3.55. The molecule has 20 heavy (non-hydrogen) atoms. The molecule has 4 heteroatoms. The van der Waals surface area contributed by atoms with Crippen molar-refractivity contribution in [3.05, 3.63) is 17.8 Å². The minimum atomic E-state index is 0.305. The van der Waals surface area contributed by atoms with Gasteiger partial charge in [-0.15, -0.1) is 0 Å². The lowest BCUT2D eigenvalue weighted by Crippen LogP contribution is -2.28. The van der Waals surface area contributed by atoms with E-state index in [1.807, 2.05) is 12.1 Å². The summed E-state index contributed by atoms with van der Waals surface area (Å²) in [5, 5.41) is 12.4. The number of nitrogens with two attached hydrogens (primary N) is 1. The molecule has 1 aliphatic rings. The van der Waals surface area contributed by atoms with E-state index in [9.17, 15) is 0 Å². The average Bonchev–Trinajstić information content (AvgIpc) is 2.86. The summed E-state index contributed by atoms with van der Waals surface area (Å²) >= 11 is 0. The fourth-order valence-corrected chi connectivity index (χ4v) is 3.38. The molecule has 2 rings (SSSR count). The van der Waals surface area contributed by atoms with Crippen LogP contribution in [0, 0.1) is 22.7 Å². The first kappa shape index (κ1) is 14.6. The van der Waals surface area contributed by atoms with Gasteiger partial charge in [0.25, 0.3) is 0 Å². The van der Waals surface area contributed by atoms with Crippen molar-refractivity contribution in [2.24, 2.45) is 11.3 Å². The molecule has 4 nitrogen and oxygen atoms in total. The van der Waals surface area contributed by atoms with Crippen LogP contribution in [0.25, 0.3) is 0 Å². The molecule has 1 aromatic heterocycles. The van der Waals surface area contributed by atoms with Crippen molar-refractivity contribution >= 4 is 11.5 Å². The van der Waals surface area contributed by atoms with Crippen molar-refractivity contribution in [3.8, 4) is 6.07 Å². The Morgan fingerprint density at radius 1 is 1.40 bits per heavy atom. The number of anilines is 2. The number of nitrogens with zero attached hydrogens (tertiary/aromatic N) is 2. The Hall–Kier alpha value is -1.76. The van der Waals surface area contributed by atoms with E-state index in [2.05, 4.69) is 24.1 Å². The topological polar surface area (TPSA) is 74.7 Å². The molecule has 1 aliphatic carbocycles. The van der Waals surface area contributed by atoms with Gasteiger partial charge in [0.05, 0.1) is 5.69 Å². The monoisotopic (exact) mass is 272 g/mol. The van der Waals surface area contributed by atoms with Gasteiger partial charge in [0, 0.05) is 6.54 Å². The Balaban J connectivity index is 2.04. The van der Waals surface area contributed by atoms with Crippen molar-refractivity contribution in [2.45, 2.75) is 46.0 Å². The van der Waals surface area contributed by atoms with Gasteiger partial charge >= 0.3 is 0 Å². The van der Waals surface area contributed by atoms with E-state index < -0.39 is 0 Å². The van der Waals surface area contributed by atoms with Crippen LogP contribution in [-0.4, -0.2) is 11.5 Å². The zero-order valence-electron chi connectivity index (χ0n) is 12.4. The fraction of sp³-hybridized carbons (Fsp3) is 0.625. The van der Waals surface area contributed by atoms with Gasteiger partial charge in [-0.2, -0.15) is 5.26 Å². The third kappa shape index (κ3) is 3.41. The maximum absolute atomic E-state index is 8.97. The highest BCUT2D eigenvalue weighted by atomic mass is 15.0. The van der Waals surface area contributed by atoms with Gasteiger partial charge in [0.1, 0.15) is 11.9 Å². The van der Waals surface area contributed by atoms with Crippen LogP contribution < -0.4 is 11.1 Å². The molecule has 0 unspecified atom stereocenters. The van der Waals surface area contributed by atoms with Crippen LogP contribution in [0.3, 0.4) is 0 Å². The van der Waals surface area contributed by atoms with E-state index in [4.69, 9.17) is 11.0 Å². The number of rotatable bonds is 5. The number of pyridine rings is 1. The average molecular weight is 272 g/mol. The highest BCUT2D eigenvalue weighted by molar-refractivity contribution is 5.54. The Bertz CT molecular complexity index is 496. The van der Waals surface area contributed by atoms with Crippen molar-refractivity contribution in [1.82, 2.24) is 4.98 Å². The maximum atomic E-state index is 8.97. The number of hydrogen-bond donors (Lipinski definition) is 2. The van der Waals surface area contributed by atoms with Crippen LogP contribution >= 0.6 is 0 Å². The second-order valence-electron chi connectivity index (χ2n) is 6.40. The van der Waals surface area contributed by atoms with E-state index in [-0.39, 0.29) is 0 Å². The molecule has 108 valence electrons. The smallest absolute Gasteiger partial charge is 0.165 e. The number of nitriles is 1. The molecule has 0 atom stereocenters. The molecule has 0 amide bonds. The van der Waals surface area contributed by atoms with Crippen LogP contribution in [0.1, 0.15) is 51.6 Å². The maximum Gasteiger partial charge on any atom is 0.165 e. The largest absolute Gasteiger partial charge is 0.396 e. The zero-order chi connectivity index (χ0) is 14.6. The number of aromatic nitrogens is 1. The molecule has 1 aromatic rings. The number of hydrogen-bond acceptors (Lipinski definition) is 4. The second kappa shape index (κ2) is 6.13. The van der Waals surface area contributed by atoms with Crippen LogP contribution in [0.5, 0.6) is 0 Å². The molecule has 1 fully saturated rings. The SMILES string of the molecule is CC(C)CC1(CNc2ccc(N)c(C#N)n2)CCCC1. The predicted molar refractivity (Wildman–Crippen MR) is 82.2 cm³/mol. The summed E-state index contributed by atoms with van der Waals surface area (Å²) in [4.78, 5) is 4.26. The molecular weight excluding hydrogens is 248 g/mol. The summed E-state index contributed by atoms with van der Waals surface area (Å²) in [5.41, 5.74) is 6.84. The molecule has 3 N–H and O–H groups in total. The van der Waals surface area contributed by atoms with Crippen molar-refractivity contribution in [2.75, 3.05) is 17.6 Å². The number of nitrogens with one attached hydrogen (secondary N) is 1. The molecule has 0 bridgehead atoms. The van der Waals surface area contributed by atoms with E-state index in [1.165, 1.54) is 32.1 Å². The van der Waals surface area contributed by atoms with E-state index in [0.29, 0.717) is 22.7 Å². The summed E-state index contributed by atoms with van der Waals surface area (Å²) in [6.45, 7) is 5.51. The summed E-state index contributed by atoms with van der Waals surface area (Å²) in [6.07, 6.45) is 6.48. The van der Waals surface area contributed by atoms with Gasteiger partial charge in [-0.25, -0.2) is 4.98 Å².